The van der Waals surface area contributed by atoms with Gasteiger partial charge in [-0.3, -0.25) is 4.79 Å². The van der Waals surface area contributed by atoms with Crippen LogP contribution in [-0.4, -0.2) is 34.1 Å². The summed E-state index contributed by atoms with van der Waals surface area (Å²) in [6.07, 6.45) is -0.0615. The number of anilines is 1. The van der Waals surface area contributed by atoms with E-state index in [1.54, 1.807) is 12.1 Å². The third-order valence-corrected chi connectivity index (χ3v) is 5.01. The number of ketones is 1. The zero-order chi connectivity index (χ0) is 17.7. The van der Waals surface area contributed by atoms with Gasteiger partial charge in [-0.1, -0.05) is 0 Å². The van der Waals surface area contributed by atoms with E-state index in [0.29, 0.717) is 11.4 Å². The van der Waals surface area contributed by atoms with Crippen LogP contribution in [0.5, 0.6) is 0 Å². The average Bonchev–Trinajstić information content (AvgIpc) is 2.52. The minimum atomic E-state index is -4.42. The molecule has 2 aliphatic rings. The zero-order valence-corrected chi connectivity index (χ0v) is 13.2. The summed E-state index contributed by atoms with van der Waals surface area (Å²) < 4.78 is 37.6. The molecule has 4 rings (SSSR count). The van der Waals surface area contributed by atoms with E-state index in [1.807, 2.05) is 4.90 Å². The van der Waals surface area contributed by atoms with Crippen LogP contribution in [0, 0.1) is 11.3 Å². The number of hydrogen-bond acceptors (Lipinski definition) is 5. The Morgan fingerprint density at radius 1 is 1.20 bits per heavy atom. The van der Waals surface area contributed by atoms with Gasteiger partial charge < -0.3 is 4.90 Å². The van der Waals surface area contributed by atoms with Crippen LogP contribution in [0.3, 0.4) is 0 Å². The predicted octanol–water partition coefficient (Wildman–Crippen LogP) is 2.99. The van der Waals surface area contributed by atoms with Crippen LogP contribution in [-0.2, 0) is 6.18 Å². The van der Waals surface area contributed by atoms with Crippen molar-refractivity contribution < 1.29 is 18.0 Å². The molecule has 1 saturated carbocycles. The lowest BCUT2D eigenvalue weighted by molar-refractivity contribution is -0.141. The van der Waals surface area contributed by atoms with E-state index in [1.165, 1.54) is 18.5 Å². The normalized spacial score (nSPS) is 19.4. The van der Waals surface area contributed by atoms with Gasteiger partial charge in [0.25, 0.3) is 0 Å². The first-order valence-electron chi connectivity index (χ1n) is 7.96. The van der Waals surface area contributed by atoms with Crippen LogP contribution >= 0.6 is 0 Å². The Balaban J connectivity index is 1.34. The highest BCUT2D eigenvalue weighted by Gasteiger charge is 2.54. The average molecular weight is 348 g/mol. The SMILES string of the molecule is O=C(c1cccnn1)C1CC2(C1)CN(c1ccc(C(F)(F)F)nc1)C2. The smallest absolute Gasteiger partial charge is 0.369 e. The van der Waals surface area contributed by atoms with Crippen LogP contribution in [0.2, 0.25) is 0 Å². The topological polar surface area (TPSA) is 59.0 Å². The molecule has 0 unspecified atom stereocenters. The number of carbonyl (C=O) groups excluding carboxylic acids is 1. The standard InChI is InChI=1S/C17H15F3N4O/c18-17(19,20)14-4-3-12(8-21-14)24-9-16(10-24)6-11(7-16)15(25)13-2-1-5-22-23-13/h1-5,8,11H,6-7,9-10H2. The van der Waals surface area contributed by atoms with E-state index in [9.17, 15) is 18.0 Å². The summed E-state index contributed by atoms with van der Waals surface area (Å²) in [5.74, 6) is -0.0158. The summed E-state index contributed by atoms with van der Waals surface area (Å²) >= 11 is 0. The molecule has 1 aliphatic carbocycles. The summed E-state index contributed by atoms with van der Waals surface area (Å²) in [5.41, 5.74) is 0.281. The van der Waals surface area contributed by atoms with E-state index in [0.717, 1.165) is 32.0 Å². The Morgan fingerprint density at radius 2 is 1.96 bits per heavy atom. The van der Waals surface area contributed by atoms with Crippen molar-refractivity contribution in [3.8, 4) is 0 Å². The van der Waals surface area contributed by atoms with Crippen molar-refractivity contribution in [2.75, 3.05) is 18.0 Å². The predicted molar refractivity (Wildman–Crippen MR) is 83.0 cm³/mol. The number of pyridine rings is 1. The molecule has 25 heavy (non-hydrogen) atoms. The van der Waals surface area contributed by atoms with Gasteiger partial charge in [-0.2, -0.15) is 18.3 Å². The third-order valence-electron chi connectivity index (χ3n) is 5.01. The van der Waals surface area contributed by atoms with Crippen LogP contribution in [0.4, 0.5) is 18.9 Å². The number of halogens is 3. The molecule has 0 atom stereocenters. The van der Waals surface area contributed by atoms with Gasteiger partial charge >= 0.3 is 6.18 Å². The first kappa shape index (κ1) is 16.0. The van der Waals surface area contributed by atoms with E-state index in [-0.39, 0.29) is 17.1 Å². The highest BCUT2D eigenvalue weighted by Crippen LogP contribution is 2.53. The number of rotatable bonds is 3. The minimum absolute atomic E-state index is 0.0216. The lowest BCUT2D eigenvalue weighted by Gasteiger charge is -2.59. The van der Waals surface area contributed by atoms with Crippen LogP contribution < -0.4 is 4.90 Å². The molecule has 2 fully saturated rings. The fourth-order valence-electron chi connectivity index (χ4n) is 3.76. The first-order chi connectivity index (χ1) is 11.9. The van der Waals surface area contributed by atoms with Crippen molar-refractivity contribution in [2.45, 2.75) is 19.0 Å². The highest BCUT2D eigenvalue weighted by molar-refractivity contribution is 5.96. The molecule has 8 heteroatoms. The van der Waals surface area contributed by atoms with Gasteiger partial charge in [0.2, 0.25) is 0 Å². The van der Waals surface area contributed by atoms with Crippen molar-refractivity contribution >= 4 is 11.5 Å². The molecule has 3 heterocycles. The van der Waals surface area contributed by atoms with E-state index >= 15 is 0 Å². The molecule has 5 nitrogen and oxygen atoms in total. The molecular weight excluding hydrogens is 333 g/mol. The first-order valence-corrected chi connectivity index (χ1v) is 7.96. The van der Waals surface area contributed by atoms with Crippen molar-refractivity contribution in [1.29, 1.82) is 0 Å². The summed E-state index contributed by atoms with van der Waals surface area (Å²) in [5, 5.41) is 7.58. The van der Waals surface area contributed by atoms with Gasteiger partial charge in [0.05, 0.1) is 11.9 Å². The third kappa shape index (κ3) is 2.85. The maximum Gasteiger partial charge on any atom is 0.433 e. The fraction of sp³-hybridized carbons (Fsp3) is 0.412. The Morgan fingerprint density at radius 3 is 2.52 bits per heavy atom. The number of Topliss-reactive ketones (excluding diaryl/α,β-unsaturated/α-hetero) is 1. The van der Waals surface area contributed by atoms with Crippen LogP contribution in [0.1, 0.15) is 29.0 Å². The Bertz CT molecular complexity index is 778. The second-order valence-electron chi connectivity index (χ2n) is 6.83. The molecule has 1 saturated heterocycles. The number of nitrogens with zero attached hydrogens (tertiary/aromatic N) is 4. The monoisotopic (exact) mass is 348 g/mol. The molecule has 2 aromatic heterocycles. The summed E-state index contributed by atoms with van der Waals surface area (Å²) in [4.78, 5) is 17.8. The van der Waals surface area contributed by atoms with E-state index in [2.05, 4.69) is 15.2 Å². The van der Waals surface area contributed by atoms with Crippen molar-refractivity contribution in [1.82, 2.24) is 15.2 Å². The van der Waals surface area contributed by atoms with Gasteiger partial charge in [-0.15, -0.1) is 5.10 Å². The summed E-state index contributed by atoms with van der Waals surface area (Å²) in [6, 6.07) is 5.81. The Kier molecular flexibility index (Phi) is 3.52. The molecule has 0 radical (unpaired) electrons. The van der Waals surface area contributed by atoms with Gasteiger partial charge in [-0.05, 0) is 37.1 Å². The quantitative estimate of drug-likeness (QED) is 0.798. The lowest BCUT2D eigenvalue weighted by atomic mass is 9.56. The molecule has 1 aliphatic heterocycles. The minimum Gasteiger partial charge on any atom is -0.369 e. The number of carbonyl (C=O) groups is 1. The van der Waals surface area contributed by atoms with Crippen LogP contribution in [0.15, 0.2) is 36.7 Å². The Hall–Kier alpha value is -2.51. The molecular formula is C17H15F3N4O. The fourth-order valence-corrected chi connectivity index (χ4v) is 3.76. The zero-order valence-electron chi connectivity index (χ0n) is 13.2. The van der Waals surface area contributed by atoms with Gasteiger partial charge in [0, 0.05) is 30.6 Å². The van der Waals surface area contributed by atoms with Crippen LogP contribution in [0.25, 0.3) is 0 Å². The Labute approximate surface area is 141 Å². The van der Waals surface area contributed by atoms with E-state index in [4.69, 9.17) is 0 Å². The molecule has 0 aromatic carbocycles. The van der Waals surface area contributed by atoms with Gasteiger partial charge in [-0.25, -0.2) is 4.98 Å². The second-order valence-corrected chi connectivity index (χ2v) is 6.83. The van der Waals surface area contributed by atoms with Crippen molar-refractivity contribution in [3.63, 3.8) is 0 Å². The summed E-state index contributed by atoms with van der Waals surface area (Å²) in [7, 11) is 0. The number of aromatic nitrogens is 3. The van der Waals surface area contributed by atoms with E-state index < -0.39 is 11.9 Å². The lowest BCUT2D eigenvalue weighted by Crippen LogP contribution is -2.63. The molecule has 0 N–H and O–H groups in total. The number of alkyl halides is 3. The molecule has 130 valence electrons. The largest absolute Gasteiger partial charge is 0.433 e. The molecule has 1 spiro atoms. The maximum absolute atomic E-state index is 12.5. The summed E-state index contributed by atoms with van der Waals surface area (Å²) in [6.45, 7) is 1.48. The molecule has 2 aromatic rings. The molecule has 0 amide bonds. The highest BCUT2D eigenvalue weighted by atomic mass is 19.4. The van der Waals surface area contributed by atoms with Crippen molar-refractivity contribution in [3.05, 3.63) is 48.0 Å². The second kappa shape index (κ2) is 5.50. The van der Waals surface area contributed by atoms with Crippen molar-refractivity contribution in [2.24, 2.45) is 11.3 Å². The number of hydrogen-bond donors (Lipinski definition) is 0. The van der Waals surface area contributed by atoms with Gasteiger partial charge in [0.1, 0.15) is 11.4 Å². The maximum atomic E-state index is 12.5. The van der Waals surface area contributed by atoms with Gasteiger partial charge in [0.15, 0.2) is 5.78 Å². The molecule has 0 bridgehead atoms.